The zero-order valence-corrected chi connectivity index (χ0v) is 5.67. The van der Waals surface area contributed by atoms with Crippen LogP contribution in [-0.2, 0) is 6.42 Å². The number of aromatic carboxylic acids is 1. The SMILES string of the molecule is O=C(O)c1ncc(CCF)[nH]1. The molecule has 0 unspecified atom stereocenters. The van der Waals surface area contributed by atoms with Gasteiger partial charge in [-0.1, -0.05) is 0 Å². The topological polar surface area (TPSA) is 66.0 Å². The molecule has 4 nitrogen and oxygen atoms in total. The van der Waals surface area contributed by atoms with E-state index in [0.717, 1.165) is 0 Å². The second-order valence-corrected chi connectivity index (χ2v) is 2.00. The predicted molar refractivity (Wildman–Crippen MR) is 35.2 cm³/mol. The molecule has 2 N–H and O–H groups in total. The number of halogens is 1. The highest BCUT2D eigenvalue weighted by Crippen LogP contribution is 1.97. The van der Waals surface area contributed by atoms with Crippen molar-refractivity contribution in [2.45, 2.75) is 6.42 Å². The fourth-order valence-corrected chi connectivity index (χ4v) is 0.697. The summed E-state index contributed by atoms with van der Waals surface area (Å²) < 4.78 is 11.7. The van der Waals surface area contributed by atoms with Crippen molar-refractivity contribution in [3.05, 3.63) is 17.7 Å². The maximum absolute atomic E-state index is 11.7. The Kier molecular flexibility index (Phi) is 2.20. The molecule has 11 heavy (non-hydrogen) atoms. The van der Waals surface area contributed by atoms with Crippen LogP contribution in [0.15, 0.2) is 6.20 Å². The van der Waals surface area contributed by atoms with Crippen LogP contribution in [0.25, 0.3) is 0 Å². The first-order valence-corrected chi connectivity index (χ1v) is 3.07. The van der Waals surface area contributed by atoms with Crippen molar-refractivity contribution < 1.29 is 14.3 Å². The van der Waals surface area contributed by atoms with E-state index in [1.54, 1.807) is 0 Å². The van der Waals surface area contributed by atoms with E-state index in [0.29, 0.717) is 5.69 Å². The van der Waals surface area contributed by atoms with Crippen molar-refractivity contribution in [2.75, 3.05) is 6.67 Å². The molecule has 0 saturated carbocycles. The van der Waals surface area contributed by atoms with Gasteiger partial charge in [-0.2, -0.15) is 0 Å². The van der Waals surface area contributed by atoms with Gasteiger partial charge in [0.05, 0.1) is 6.67 Å². The van der Waals surface area contributed by atoms with Gasteiger partial charge >= 0.3 is 5.97 Å². The van der Waals surface area contributed by atoms with E-state index in [1.165, 1.54) is 6.20 Å². The molecule has 0 atom stereocenters. The van der Waals surface area contributed by atoms with Gasteiger partial charge in [-0.3, -0.25) is 4.39 Å². The summed E-state index contributed by atoms with van der Waals surface area (Å²) in [5, 5.41) is 8.38. The fraction of sp³-hybridized carbons (Fsp3) is 0.333. The number of hydrogen-bond donors (Lipinski definition) is 2. The molecule has 0 amide bonds. The van der Waals surface area contributed by atoms with Crippen molar-refractivity contribution in [2.24, 2.45) is 0 Å². The summed E-state index contributed by atoms with van der Waals surface area (Å²) in [6.07, 6.45) is 1.50. The first kappa shape index (κ1) is 7.71. The van der Waals surface area contributed by atoms with Crippen molar-refractivity contribution in [3.8, 4) is 0 Å². The van der Waals surface area contributed by atoms with Crippen molar-refractivity contribution in [3.63, 3.8) is 0 Å². The summed E-state index contributed by atoms with van der Waals surface area (Å²) >= 11 is 0. The van der Waals surface area contributed by atoms with Crippen LogP contribution in [0.3, 0.4) is 0 Å². The number of rotatable bonds is 3. The fourth-order valence-electron chi connectivity index (χ4n) is 0.697. The highest BCUT2D eigenvalue weighted by molar-refractivity contribution is 5.83. The highest BCUT2D eigenvalue weighted by Gasteiger charge is 2.06. The lowest BCUT2D eigenvalue weighted by atomic mass is 10.4. The minimum Gasteiger partial charge on any atom is -0.475 e. The van der Waals surface area contributed by atoms with Gasteiger partial charge in [0.2, 0.25) is 5.82 Å². The molecule has 1 rings (SSSR count). The number of nitrogens with one attached hydrogen (secondary N) is 1. The molecular formula is C6H7FN2O2. The number of nitrogens with zero attached hydrogens (tertiary/aromatic N) is 1. The average molecular weight is 158 g/mol. The molecule has 0 radical (unpaired) electrons. The Bertz CT molecular complexity index is 259. The maximum Gasteiger partial charge on any atom is 0.371 e. The summed E-state index contributed by atoms with van der Waals surface area (Å²) in [7, 11) is 0. The lowest BCUT2D eigenvalue weighted by Gasteiger charge is -1.87. The van der Waals surface area contributed by atoms with E-state index in [1.807, 2.05) is 0 Å². The van der Waals surface area contributed by atoms with Crippen LogP contribution in [0, 0.1) is 0 Å². The van der Waals surface area contributed by atoms with Crippen molar-refractivity contribution >= 4 is 5.97 Å². The van der Waals surface area contributed by atoms with E-state index in [-0.39, 0.29) is 12.2 Å². The van der Waals surface area contributed by atoms with Gasteiger partial charge in [-0.15, -0.1) is 0 Å². The zero-order chi connectivity index (χ0) is 8.27. The Morgan fingerprint density at radius 2 is 2.55 bits per heavy atom. The minimum absolute atomic E-state index is 0.145. The lowest BCUT2D eigenvalue weighted by molar-refractivity contribution is 0.0684. The zero-order valence-electron chi connectivity index (χ0n) is 5.67. The third-order valence-corrected chi connectivity index (χ3v) is 1.19. The second kappa shape index (κ2) is 3.14. The summed E-state index contributed by atoms with van der Waals surface area (Å²) in [5.74, 6) is -1.27. The molecule has 60 valence electrons. The standard InChI is InChI=1S/C6H7FN2O2/c7-2-1-4-3-8-5(9-4)6(10)11/h3H,1-2H2,(H,8,9)(H,10,11). The number of carboxylic acid groups (broad SMARTS) is 1. The molecule has 0 aliphatic heterocycles. The molecule has 0 bridgehead atoms. The largest absolute Gasteiger partial charge is 0.475 e. The normalized spacial score (nSPS) is 9.91. The molecular weight excluding hydrogens is 151 g/mol. The molecule has 1 aromatic rings. The Morgan fingerprint density at radius 3 is 3.00 bits per heavy atom. The van der Waals surface area contributed by atoms with Crippen LogP contribution >= 0.6 is 0 Å². The summed E-state index contributed by atoms with van der Waals surface area (Å²) in [4.78, 5) is 16.2. The van der Waals surface area contributed by atoms with E-state index >= 15 is 0 Å². The molecule has 5 heteroatoms. The number of H-pyrrole nitrogens is 1. The van der Waals surface area contributed by atoms with Crippen LogP contribution in [0.4, 0.5) is 4.39 Å². The molecule has 0 aliphatic rings. The van der Waals surface area contributed by atoms with Crippen LogP contribution in [0.1, 0.15) is 16.3 Å². The number of aryl methyl sites for hydroxylation is 1. The van der Waals surface area contributed by atoms with Crippen LogP contribution in [0.5, 0.6) is 0 Å². The molecule has 0 saturated heterocycles. The Balaban J connectivity index is 2.73. The van der Waals surface area contributed by atoms with Gasteiger partial charge in [0, 0.05) is 18.3 Å². The number of alkyl halides is 1. The van der Waals surface area contributed by atoms with Crippen LogP contribution < -0.4 is 0 Å². The number of hydrogen-bond acceptors (Lipinski definition) is 2. The van der Waals surface area contributed by atoms with Gasteiger partial charge in [-0.25, -0.2) is 9.78 Å². The van der Waals surface area contributed by atoms with Crippen LogP contribution in [-0.4, -0.2) is 27.7 Å². The number of carbonyl (C=O) groups is 1. The summed E-state index contributed by atoms with van der Waals surface area (Å²) in [6, 6.07) is 0. The van der Waals surface area contributed by atoms with Gasteiger partial charge in [0.1, 0.15) is 0 Å². The van der Waals surface area contributed by atoms with Gasteiger partial charge < -0.3 is 10.1 Å². The highest BCUT2D eigenvalue weighted by atomic mass is 19.1. The molecule has 1 heterocycles. The molecule has 0 aromatic carbocycles. The lowest BCUT2D eigenvalue weighted by Crippen LogP contribution is -1.98. The van der Waals surface area contributed by atoms with Crippen LogP contribution in [0.2, 0.25) is 0 Å². The number of aromatic amines is 1. The molecule has 0 fully saturated rings. The molecule has 1 aromatic heterocycles. The van der Waals surface area contributed by atoms with E-state index in [4.69, 9.17) is 5.11 Å². The summed E-state index contributed by atoms with van der Waals surface area (Å²) in [5.41, 5.74) is 0.505. The number of carboxylic acids is 1. The first-order chi connectivity index (χ1) is 5.24. The van der Waals surface area contributed by atoms with E-state index < -0.39 is 12.6 Å². The summed E-state index contributed by atoms with van der Waals surface area (Å²) in [6.45, 7) is -0.513. The second-order valence-electron chi connectivity index (χ2n) is 2.00. The Labute approximate surface area is 62.1 Å². The quantitative estimate of drug-likeness (QED) is 0.677. The maximum atomic E-state index is 11.7. The monoisotopic (exact) mass is 158 g/mol. The predicted octanol–water partition coefficient (Wildman–Crippen LogP) is 0.620. The van der Waals surface area contributed by atoms with E-state index in [2.05, 4.69) is 9.97 Å². The average Bonchev–Trinajstić information content (AvgIpc) is 2.37. The van der Waals surface area contributed by atoms with Gasteiger partial charge in [0.15, 0.2) is 0 Å². The Hall–Kier alpha value is -1.39. The van der Waals surface area contributed by atoms with Gasteiger partial charge in [0.25, 0.3) is 0 Å². The minimum atomic E-state index is -1.13. The third kappa shape index (κ3) is 1.76. The smallest absolute Gasteiger partial charge is 0.371 e. The van der Waals surface area contributed by atoms with E-state index in [9.17, 15) is 9.18 Å². The third-order valence-electron chi connectivity index (χ3n) is 1.19. The molecule has 0 spiro atoms. The van der Waals surface area contributed by atoms with Crippen molar-refractivity contribution in [1.82, 2.24) is 9.97 Å². The molecule has 0 aliphatic carbocycles. The number of aromatic nitrogens is 2. The van der Waals surface area contributed by atoms with Gasteiger partial charge in [-0.05, 0) is 0 Å². The first-order valence-electron chi connectivity index (χ1n) is 3.07. The number of imidazole rings is 1. The Morgan fingerprint density at radius 1 is 1.82 bits per heavy atom. The van der Waals surface area contributed by atoms with Crippen molar-refractivity contribution in [1.29, 1.82) is 0 Å².